The molecule has 3 heterocycles. The highest BCUT2D eigenvalue weighted by Crippen LogP contribution is 2.27. The third-order valence-electron chi connectivity index (χ3n) is 5.62. The summed E-state index contributed by atoms with van der Waals surface area (Å²) in [5.41, 5.74) is 6.14. The first-order valence-electron chi connectivity index (χ1n) is 11.1. The van der Waals surface area contributed by atoms with E-state index >= 15 is 0 Å². The number of pyridine rings is 1. The number of benzene rings is 1. The number of aliphatic hydroxyl groups is 1. The Hall–Kier alpha value is -2.96. The van der Waals surface area contributed by atoms with E-state index in [1.807, 2.05) is 25.9 Å². The van der Waals surface area contributed by atoms with Crippen molar-refractivity contribution >= 4 is 56.1 Å². The predicted molar refractivity (Wildman–Crippen MR) is 142 cm³/mol. The number of carbonyl (C=O) groups is 2. The number of amides is 1. The molecule has 1 amide bonds. The van der Waals surface area contributed by atoms with Crippen molar-refractivity contribution in [2.45, 2.75) is 30.0 Å². The first-order valence-corrected chi connectivity index (χ1v) is 13.5. The molecule has 12 heteroatoms. The fourth-order valence-electron chi connectivity index (χ4n) is 3.67. The molecule has 36 heavy (non-hydrogen) atoms. The number of thiazole rings is 1. The summed E-state index contributed by atoms with van der Waals surface area (Å²) in [7, 11) is 3.94. The lowest BCUT2D eigenvalue weighted by molar-refractivity contribution is -0.135. The normalized spacial score (nSPS) is 16.5. The lowest BCUT2D eigenvalue weighted by Crippen LogP contribution is -2.40. The van der Waals surface area contributed by atoms with Gasteiger partial charge >= 0.3 is 0 Å². The minimum absolute atomic E-state index is 0.0447. The number of anilines is 2. The number of aliphatic hydroxyl groups excluding tert-OH is 1. The molecule has 0 bridgehead atoms. The second-order valence-corrected chi connectivity index (χ2v) is 10.9. The van der Waals surface area contributed by atoms with Crippen molar-refractivity contribution < 1.29 is 23.3 Å². The monoisotopic (exact) mass is 537 g/mol. The van der Waals surface area contributed by atoms with Crippen LogP contribution in [0.5, 0.6) is 0 Å². The Morgan fingerprint density at radius 3 is 2.50 bits per heavy atom. The molecule has 3 N–H and O–H groups in total. The maximum atomic E-state index is 14.7. The van der Waals surface area contributed by atoms with E-state index in [0.29, 0.717) is 22.9 Å². The topological polar surface area (TPSA) is 130 Å². The van der Waals surface area contributed by atoms with Crippen LogP contribution < -0.4 is 10.6 Å². The summed E-state index contributed by atoms with van der Waals surface area (Å²) in [4.78, 5) is 35.0. The zero-order chi connectivity index (χ0) is 27.0. The Balaban J connectivity index is 0.000000295. The summed E-state index contributed by atoms with van der Waals surface area (Å²) in [6.07, 6.45) is 6.38. The van der Waals surface area contributed by atoms with Gasteiger partial charge in [0.25, 0.3) is 0 Å². The molecule has 1 aliphatic rings. The van der Waals surface area contributed by atoms with E-state index in [2.05, 4.69) is 9.97 Å². The molecule has 0 saturated carbocycles. The Morgan fingerprint density at radius 2 is 2.00 bits per heavy atom. The number of hydrogen-bond acceptors (Lipinski definition) is 9. The fourth-order valence-corrected chi connectivity index (χ4v) is 5.14. The van der Waals surface area contributed by atoms with Gasteiger partial charge in [-0.2, -0.15) is 0 Å². The highest BCUT2D eigenvalue weighted by molar-refractivity contribution is 7.86. The molecule has 4 rings (SSSR count). The standard InChI is InChI=1S/C17H18FN3O2.C6H10N2OS2.CH4O/c1-10-5-7-21(17(10)23)12(9-22)8-11-2-3-14-13(15(11)18)4-6-20-16(14)19;1-8(2)6-7-4-5(10-6)11(3)9;1-2/h2-4,6,9-10,12H,5,7-8H2,1H3,(H2,19,20);4H,1-3H3;2H,1H3. The smallest absolute Gasteiger partial charge is 0.226 e. The third-order valence-corrected chi connectivity index (χ3v) is 8.21. The second kappa shape index (κ2) is 13.4. The quantitative estimate of drug-likeness (QED) is 0.459. The number of nitrogens with zero attached hydrogens (tertiary/aromatic N) is 4. The predicted octanol–water partition coefficient (Wildman–Crippen LogP) is 2.49. The SMILES string of the molecule is CC1CCN(C(C=O)Cc2ccc3c(N)nccc3c2F)C1=O.CN(C)c1ncc(S(C)=O)s1.CO. The Morgan fingerprint density at radius 1 is 1.31 bits per heavy atom. The van der Waals surface area contributed by atoms with Crippen molar-refractivity contribution in [1.82, 2.24) is 14.9 Å². The summed E-state index contributed by atoms with van der Waals surface area (Å²) >= 11 is 1.46. The van der Waals surface area contributed by atoms with E-state index in [4.69, 9.17) is 10.8 Å². The first kappa shape index (κ1) is 29.3. The van der Waals surface area contributed by atoms with Crippen molar-refractivity contribution in [1.29, 1.82) is 0 Å². The average molecular weight is 538 g/mol. The molecule has 3 aromatic rings. The molecule has 0 radical (unpaired) electrons. The van der Waals surface area contributed by atoms with Gasteiger partial charge in [-0.05, 0) is 18.1 Å². The molecule has 3 unspecified atom stereocenters. The summed E-state index contributed by atoms with van der Waals surface area (Å²) in [5.74, 6) is -0.270. The number of rotatable bonds is 6. The van der Waals surface area contributed by atoms with E-state index in [1.54, 1.807) is 35.6 Å². The highest BCUT2D eigenvalue weighted by atomic mass is 32.2. The van der Waals surface area contributed by atoms with Crippen LogP contribution in [0.2, 0.25) is 0 Å². The van der Waals surface area contributed by atoms with E-state index in [9.17, 15) is 18.2 Å². The maximum absolute atomic E-state index is 14.7. The van der Waals surface area contributed by atoms with Gasteiger partial charge in [0.15, 0.2) is 5.13 Å². The first-order chi connectivity index (χ1) is 17.1. The zero-order valence-corrected chi connectivity index (χ0v) is 22.6. The molecule has 9 nitrogen and oxygen atoms in total. The van der Waals surface area contributed by atoms with Crippen LogP contribution in [0.3, 0.4) is 0 Å². The van der Waals surface area contributed by atoms with Crippen molar-refractivity contribution in [3.8, 4) is 0 Å². The average Bonchev–Trinajstić information content (AvgIpc) is 3.49. The van der Waals surface area contributed by atoms with Gasteiger partial charge in [-0.15, -0.1) is 0 Å². The minimum Gasteiger partial charge on any atom is -0.400 e. The Labute approximate surface area is 216 Å². The van der Waals surface area contributed by atoms with E-state index in [1.165, 1.54) is 17.5 Å². The molecule has 1 aliphatic heterocycles. The van der Waals surface area contributed by atoms with Gasteiger partial charge < -0.3 is 25.4 Å². The third kappa shape index (κ3) is 6.83. The van der Waals surface area contributed by atoms with Crippen molar-refractivity contribution in [2.24, 2.45) is 5.92 Å². The molecule has 2 aromatic heterocycles. The van der Waals surface area contributed by atoms with E-state index < -0.39 is 22.7 Å². The summed E-state index contributed by atoms with van der Waals surface area (Å²) in [5, 5.41) is 8.82. The van der Waals surface area contributed by atoms with Crippen LogP contribution in [0.15, 0.2) is 34.8 Å². The number of fused-ring (bicyclic) bond motifs is 1. The molecule has 1 aromatic carbocycles. The van der Waals surface area contributed by atoms with Gasteiger partial charge in [0.2, 0.25) is 5.91 Å². The minimum atomic E-state index is -0.895. The summed E-state index contributed by atoms with van der Waals surface area (Å²) < 4.78 is 26.5. The van der Waals surface area contributed by atoms with Crippen molar-refractivity contribution in [2.75, 3.05) is 44.6 Å². The van der Waals surface area contributed by atoms with Crippen LogP contribution in [-0.2, 0) is 26.8 Å². The molecule has 1 saturated heterocycles. The molecule has 0 aliphatic carbocycles. The highest BCUT2D eigenvalue weighted by Gasteiger charge is 2.33. The number of carbonyl (C=O) groups excluding carboxylic acids is 2. The van der Waals surface area contributed by atoms with Crippen LogP contribution in [0.1, 0.15) is 18.9 Å². The van der Waals surface area contributed by atoms with Crippen molar-refractivity contribution in [3.63, 3.8) is 0 Å². The largest absolute Gasteiger partial charge is 0.400 e. The van der Waals surface area contributed by atoms with Gasteiger partial charge in [0.05, 0.1) is 23.0 Å². The maximum Gasteiger partial charge on any atom is 0.226 e. The second-order valence-electron chi connectivity index (χ2n) is 8.27. The van der Waals surface area contributed by atoms with Gasteiger partial charge in [0.1, 0.15) is 22.1 Å². The number of nitrogens with two attached hydrogens (primary N) is 1. The van der Waals surface area contributed by atoms with Gasteiger partial charge in [0, 0.05) is 63.3 Å². The van der Waals surface area contributed by atoms with Crippen LogP contribution >= 0.6 is 11.3 Å². The van der Waals surface area contributed by atoms with Gasteiger partial charge in [-0.1, -0.05) is 30.4 Å². The fraction of sp³-hybridized carbons (Fsp3) is 0.417. The number of hydrogen-bond donors (Lipinski definition) is 2. The van der Waals surface area contributed by atoms with Gasteiger partial charge in [-0.25, -0.2) is 14.4 Å². The number of aromatic nitrogens is 2. The molecule has 196 valence electrons. The van der Waals surface area contributed by atoms with Crippen LogP contribution in [-0.4, -0.2) is 76.4 Å². The molecular weight excluding hydrogens is 505 g/mol. The summed E-state index contributed by atoms with van der Waals surface area (Å²) in [6, 6.07) is 4.23. The lowest BCUT2D eigenvalue weighted by Gasteiger charge is -2.24. The number of nitrogen functional groups attached to an aromatic ring is 1. The Kier molecular flexibility index (Phi) is 10.9. The number of aldehydes is 1. The zero-order valence-electron chi connectivity index (χ0n) is 21.0. The van der Waals surface area contributed by atoms with Crippen molar-refractivity contribution in [3.05, 3.63) is 42.0 Å². The molecule has 3 atom stereocenters. The molecule has 1 fully saturated rings. The summed E-state index contributed by atoms with van der Waals surface area (Å²) in [6.45, 7) is 2.38. The number of likely N-dealkylation sites (tertiary alicyclic amines) is 1. The Bertz CT molecular complexity index is 1220. The van der Waals surface area contributed by atoms with Gasteiger partial charge in [-0.3, -0.25) is 9.00 Å². The van der Waals surface area contributed by atoms with E-state index in [0.717, 1.165) is 29.2 Å². The van der Waals surface area contributed by atoms with E-state index in [-0.39, 0.29) is 24.1 Å². The van der Waals surface area contributed by atoms with Crippen LogP contribution in [0.25, 0.3) is 10.8 Å². The lowest BCUT2D eigenvalue weighted by atomic mass is 10.0. The van der Waals surface area contributed by atoms with Crippen LogP contribution in [0.4, 0.5) is 15.3 Å². The molecule has 0 spiro atoms. The van der Waals surface area contributed by atoms with Crippen LogP contribution in [0, 0.1) is 11.7 Å². The molecular formula is C24H32FN5O4S2. The number of halogens is 1.